The Morgan fingerprint density at radius 2 is 1.86 bits per heavy atom. The molecule has 2 aromatic heterocycles. The molecule has 0 bridgehead atoms. The second-order valence-corrected chi connectivity index (χ2v) is 6.35. The van der Waals surface area contributed by atoms with Crippen molar-refractivity contribution in [1.82, 2.24) is 9.13 Å². The molecule has 3 heteroatoms. The van der Waals surface area contributed by atoms with E-state index < -0.39 is 0 Å². The summed E-state index contributed by atoms with van der Waals surface area (Å²) in [5.74, 6) is 1.30. The second kappa shape index (κ2) is 3.80. The summed E-state index contributed by atoms with van der Waals surface area (Å²) in [5, 5.41) is 2.70. The highest BCUT2D eigenvalue weighted by Gasteiger charge is 2.34. The lowest BCUT2D eigenvalue weighted by molar-refractivity contribution is -0.659. The van der Waals surface area contributed by atoms with Gasteiger partial charge in [0.15, 0.2) is 0 Å². The summed E-state index contributed by atoms with van der Waals surface area (Å²) in [6.45, 7) is 2.28. The van der Waals surface area contributed by atoms with Gasteiger partial charge in [-0.2, -0.15) is 0 Å². The van der Waals surface area contributed by atoms with E-state index in [0.29, 0.717) is 6.04 Å². The fraction of sp³-hybridized carbons (Fsp3) is 0.211. The Balaban J connectivity index is 1.96. The minimum Gasteiger partial charge on any atom is -0.344 e. The predicted octanol–water partition coefficient (Wildman–Crippen LogP) is 3.55. The lowest BCUT2D eigenvalue weighted by atomic mass is 10.0. The number of aryl methyl sites for hydroxylation is 2. The quantitative estimate of drug-likeness (QED) is 0.439. The Morgan fingerprint density at radius 1 is 1.05 bits per heavy atom. The van der Waals surface area contributed by atoms with Gasteiger partial charge in [0.25, 0.3) is 5.82 Å². The largest absolute Gasteiger partial charge is 0.344 e. The van der Waals surface area contributed by atoms with Crippen LogP contribution in [0.3, 0.4) is 0 Å². The van der Waals surface area contributed by atoms with Crippen LogP contribution in [0.1, 0.15) is 18.5 Å². The van der Waals surface area contributed by atoms with Gasteiger partial charge in [0.2, 0.25) is 0 Å². The van der Waals surface area contributed by atoms with E-state index in [1.54, 1.807) is 0 Å². The highest BCUT2D eigenvalue weighted by atomic mass is 15.2. The maximum atomic E-state index is 2.39. The van der Waals surface area contributed by atoms with Crippen LogP contribution in [0, 0.1) is 0 Å². The van der Waals surface area contributed by atoms with Gasteiger partial charge in [0.1, 0.15) is 18.4 Å². The first-order valence-electron chi connectivity index (χ1n) is 7.74. The van der Waals surface area contributed by atoms with Crippen molar-refractivity contribution in [2.45, 2.75) is 13.0 Å². The molecule has 0 spiro atoms. The van der Waals surface area contributed by atoms with Crippen molar-refractivity contribution < 1.29 is 4.57 Å². The molecule has 4 aromatic rings. The van der Waals surface area contributed by atoms with E-state index in [1.807, 2.05) is 0 Å². The van der Waals surface area contributed by atoms with Crippen LogP contribution in [-0.2, 0) is 14.1 Å². The predicted molar refractivity (Wildman–Crippen MR) is 88.8 cm³/mol. The normalized spacial score (nSPS) is 16.4. The van der Waals surface area contributed by atoms with Crippen molar-refractivity contribution in [2.24, 2.45) is 14.1 Å². The lowest BCUT2D eigenvalue weighted by Gasteiger charge is -2.04. The Morgan fingerprint density at radius 3 is 2.73 bits per heavy atom. The Bertz CT molecular complexity index is 1070. The number of imidazole rings is 1. The molecule has 0 saturated heterocycles. The van der Waals surface area contributed by atoms with Crippen molar-refractivity contribution >= 4 is 21.8 Å². The number of benzene rings is 2. The topological polar surface area (TPSA) is 13.7 Å². The molecule has 0 aliphatic carbocycles. The van der Waals surface area contributed by atoms with E-state index in [4.69, 9.17) is 0 Å². The van der Waals surface area contributed by atoms with Gasteiger partial charge in [-0.25, -0.2) is 9.13 Å². The van der Waals surface area contributed by atoms with Crippen LogP contribution >= 0.6 is 0 Å². The zero-order valence-electron chi connectivity index (χ0n) is 13.0. The molecular weight excluding hydrogens is 270 g/mol. The van der Waals surface area contributed by atoms with Crippen LogP contribution in [0.15, 0.2) is 48.8 Å². The molecule has 3 heterocycles. The summed E-state index contributed by atoms with van der Waals surface area (Å²) in [6, 6.07) is 13.8. The summed E-state index contributed by atoms with van der Waals surface area (Å²) in [6.07, 6.45) is 4.32. The summed E-state index contributed by atoms with van der Waals surface area (Å²) in [4.78, 5) is 0. The van der Waals surface area contributed by atoms with Gasteiger partial charge in [-0.3, -0.25) is 0 Å². The molecule has 3 nitrogen and oxygen atoms in total. The standard InChI is InChI=1S/C19H18N3/c1-12-14-10-15-13-6-4-5-7-17(13)21(3)18(15)11-16(14)19-20(2)8-9-22(12)19/h4-12H,1-3H3/q+1. The summed E-state index contributed by atoms with van der Waals surface area (Å²) in [7, 11) is 4.29. The zero-order chi connectivity index (χ0) is 15.0. The maximum absolute atomic E-state index is 2.39. The third-order valence-corrected chi connectivity index (χ3v) is 5.22. The highest BCUT2D eigenvalue weighted by Crippen LogP contribution is 2.41. The van der Waals surface area contributed by atoms with Gasteiger partial charge in [0.05, 0.1) is 12.6 Å². The van der Waals surface area contributed by atoms with Crippen LogP contribution in [0.2, 0.25) is 0 Å². The molecule has 108 valence electrons. The summed E-state index contributed by atoms with van der Waals surface area (Å²) in [5.41, 5.74) is 5.39. The van der Waals surface area contributed by atoms with E-state index in [1.165, 1.54) is 38.8 Å². The number of aromatic nitrogens is 3. The number of para-hydroxylation sites is 1. The van der Waals surface area contributed by atoms with Crippen molar-refractivity contribution in [1.29, 1.82) is 0 Å². The van der Waals surface area contributed by atoms with E-state index in [0.717, 1.165) is 0 Å². The molecule has 0 N–H and O–H groups in total. The monoisotopic (exact) mass is 288 g/mol. The van der Waals surface area contributed by atoms with Crippen molar-refractivity contribution in [3.05, 3.63) is 54.4 Å². The number of hydrogen-bond donors (Lipinski definition) is 0. The SMILES string of the molecule is CC1c2cc3c4ccccc4n(C)c3cc2-c2n1cc[n+]2C. The first-order valence-corrected chi connectivity index (χ1v) is 7.74. The van der Waals surface area contributed by atoms with Crippen molar-refractivity contribution in [3.8, 4) is 11.4 Å². The number of rotatable bonds is 0. The minimum atomic E-state index is 0.398. The van der Waals surface area contributed by atoms with Gasteiger partial charge in [0, 0.05) is 34.4 Å². The average molecular weight is 288 g/mol. The summed E-state index contributed by atoms with van der Waals surface area (Å²) >= 11 is 0. The molecule has 1 aliphatic rings. The van der Waals surface area contributed by atoms with Crippen LogP contribution < -0.4 is 4.57 Å². The molecule has 22 heavy (non-hydrogen) atoms. The van der Waals surface area contributed by atoms with Gasteiger partial charge in [-0.1, -0.05) is 18.2 Å². The molecule has 5 rings (SSSR count). The Kier molecular flexibility index (Phi) is 2.08. The van der Waals surface area contributed by atoms with Crippen LogP contribution in [0.5, 0.6) is 0 Å². The van der Waals surface area contributed by atoms with Crippen molar-refractivity contribution in [2.75, 3.05) is 0 Å². The number of nitrogens with zero attached hydrogens (tertiary/aromatic N) is 3. The highest BCUT2D eigenvalue weighted by molar-refractivity contribution is 6.09. The lowest BCUT2D eigenvalue weighted by Crippen LogP contribution is -2.27. The number of hydrogen-bond acceptors (Lipinski definition) is 0. The van der Waals surface area contributed by atoms with E-state index in [-0.39, 0.29) is 0 Å². The second-order valence-electron chi connectivity index (χ2n) is 6.35. The van der Waals surface area contributed by atoms with E-state index >= 15 is 0 Å². The fourth-order valence-electron chi connectivity index (χ4n) is 4.05. The third-order valence-electron chi connectivity index (χ3n) is 5.22. The fourth-order valence-corrected chi connectivity index (χ4v) is 4.05. The molecule has 0 radical (unpaired) electrons. The molecule has 2 aromatic carbocycles. The van der Waals surface area contributed by atoms with Gasteiger partial charge in [-0.05, 0) is 25.1 Å². The van der Waals surface area contributed by atoms with Crippen LogP contribution in [0.4, 0.5) is 0 Å². The molecule has 0 fully saturated rings. The molecule has 0 amide bonds. The van der Waals surface area contributed by atoms with Crippen LogP contribution in [-0.4, -0.2) is 9.13 Å². The molecular formula is C19H18N3+. The average Bonchev–Trinajstić information content (AvgIpc) is 3.14. The van der Waals surface area contributed by atoms with Crippen molar-refractivity contribution in [3.63, 3.8) is 0 Å². The zero-order valence-corrected chi connectivity index (χ0v) is 13.0. The number of fused-ring (bicyclic) bond motifs is 6. The molecule has 1 unspecified atom stereocenters. The molecule has 0 saturated carbocycles. The first-order chi connectivity index (χ1) is 10.7. The molecule has 1 atom stereocenters. The Hall–Kier alpha value is -2.55. The summed E-state index contributed by atoms with van der Waals surface area (Å²) < 4.78 is 6.89. The van der Waals surface area contributed by atoms with Gasteiger partial charge < -0.3 is 4.57 Å². The molecule has 1 aliphatic heterocycles. The smallest absolute Gasteiger partial charge is 0.289 e. The van der Waals surface area contributed by atoms with Gasteiger partial charge in [-0.15, -0.1) is 0 Å². The minimum absolute atomic E-state index is 0.398. The van der Waals surface area contributed by atoms with Crippen LogP contribution in [0.25, 0.3) is 33.2 Å². The maximum Gasteiger partial charge on any atom is 0.289 e. The van der Waals surface area contributed by atoms with E-state index in [9.17, 15) is 0 Å². The van der Waals surface area contributed by atoms with E-state index in [2.05, 4.69) is 83.5 Å². The van der Waals surface area contributed by atoms with Gasteiger partial charge >= 0.3 is 0 Å². The Labute approximate surface area is 129 Å². The first kappa shape index (κ1) is 12.0. The third kappa shape index (κ3) is 1.25.